The molecule has 0 spiro atoms. The van der Waals surface area contributed by atoms with E-state index in [-0.39, 0.29) is 0 Å². The summed E-state index contributed by atoms with van der Waals surface area (Å²) in [6.45, 7) is 0.636. The summed E-state index contributed by atoms with van der Waals surface area (Å²) in [5.74, 6) is 1.20. The number of nitrogens with two attached hydrogens (primary N) is 1. The second-order valence-corrected chi connectivity index (χ2v) is 4.33. The van der Waals surface area contributed by atoms with Crippen LogP contribution in [0.15, 0.2) is 42.5 Å². The van der Waals surface area contributed by atoms with Crippen LogP contribution in [0.4, 0.5) is 0 Å². The maximum Gasteiger partial charge on any atom is 0.119 e. The standard InChI is InChI=1S/C15H15NO/c1-17-10-6-7-13-11-4-2-3-5-12(11)15(9-16)14(13)8-10/h2-8,15H,9,16H2,1H3. The van der Waals surface area contributed by atoms with Crippen LogP contribution >= 0.6 is 0 Å². The monoisotopic (exact) mass is 225 g/mol. The van der Waals surface area contributed by atoms with Gasteiger partial charge in [-0.2, -0.15) is 0 Å². The molecule has 2 nitrogen and oxygen atoms in total. The van der Waals surface area contributed by atoms with Gasteiger partial charge in [0.2, 0.25) is 0 Å². The third kappa shape index (κ3) is 1.45. The highest BCUT2D eigenvalue weighted by atomic mass is 16.5. The minimum Gasteiger partial charge on any atom is -0.497 e. The van der Waals surface area contributed by atoms with Gasteiger partial charge in [0.25, 0.3) is 0 Å². The zero-order valence-electron chi connectivity index (χ0n) is 9.81. The molecule has 0 saturated heterocycles. The largest absolute Gasteiger partial charge is 0.497 e. The summed E-state index contributed by atoms with van der Waals surface area (Å²) in [7, 11) is 1.70. The average molecular weight is 225 g/mol. The van der Waals surface area contributed by atoms with Crippen LogP contribution in [0.3, 0.4) is 0 Å². The maximum absolute atomic E-state index is 5.91. The molecular formula is C15H15NO. The zero-order valence-corrected chi connectivity index (χ0v) is 9.81. The number of methoxy groups -OCH3 is 1. The Morgan fingerprint density at radius 1 is 1.06 bits per heavy atom. The van der Waals surface area contributed by atoms with Crippen LogP contribution < -0.4 is 10.5 Å². The Bertz CT molecular complexity index is 563. The molecule has 2 aromatic rings. The highest BCUT2D eigenvalue weighted by Gasteiger charge is 2.27. The second-order valence-electron chi connectivity index (χ2n) is 4.33. The van der Waals surface area contributed by atoms with Crippen molar-refractivity contribution in [3.8, 4) is 16.9 Å². The molecule has 17 heavy (non-hydrogen) atoms. The lowest BCUT2D eigenvalue weighted by atomic mass is 9.97. The quantitative estimate of drug-likeness (QED) is 0.853. The van der Waals surface area contributed by atoms with Gasteiger partial charge in [-0.25, -0.2) is 0 Å². The van der Waals surface area contributed by atoms with E-state index >= 15 is 0 Å². The number of hydrogen-bond acceptors (Lipinski definition) is 2. The molecule has 1 unspecified atom stereocenters. The fourth-order valence-electron chi connectivity index (χ4n) is 2.67. The molecule has 0 amide bonds. The summed E-state index contributed by atoms with van der Waals surface area (Å²) >= 11 is 0. The van der Waals surface area contributed by atoms with Crippen LogP contribution in [0.5, 0.6) is 5.75 Å². The van der Waals surface area contributed by atoms with E-state index < -0.39 is 0 Å². The van der Waals surface area contributed by atoms with Gasteiger partial charge >= 0.3 is 0 Å². The van der Waals surface area contributed by atoms with Gasteiger partial charge in [-0.05, 0) is 34.4 Å². The lowest BCUT2D eigenvalue weighted by Crippen LogP contribution is -2.11. The summed E-state index contributed by atoms with van der Waals surface area (Å²) in [6, 6.07) is 14.7. The third-order valence-corrected chi connectivity index (χ3v) is 3.50. The molecule has 86 valence electrons. The molecule has 0 saturated carbocycles. The Hall–Kier alpha value is -1.80. The van der Waals surface area contributed by atoms with Gasteiger partial charge < -0.3 is 10.5 Å². The highest BCUT2D eigenvalue weighted by molar-refractivity contribution is 5.79. The molecule has 0 radical (unpaired) electrons. The Morgan fingerprint density at radius 3 is 2.59 bits per heavy atom. The smallest absolute Gasteiger partial charge is 0.119 e. The van der Waals surface area contributed by atoms with E-state index in [2.05, 4.69) is 36.4 Å². The van der Waals surface area contributed by atoms with Crippen molar-refractivity contribution >= 4 is 0 Å². The maximum atomic E-state index is 5.91. The Labute approximate surface area is 101 Å². The third-order valence-electron chi connectivity index (χ3n) is 3.50. The highest BCUT2D eigenvalue weighted by Crippen LogP contribution is 2.45. The van der Waals surface area contributed by atoms with Gasteiger partial charge in [-0.15, -0.1) is 0 Å². The molecule has 1 aliphatic rings. The van der Waals surface area contributed by atoms with Crippen LogP contribution in [0.1, 0.15) is 17.0 Å². The van der Waals surface area contributed by atoms with Crippen LogP contribution in [0.25, 0.3) is 11.1 Å². The predicted molar refractivity (Wildman–Crippen MR) is 69.3 cm³/mol. The molecule has 0 fully saturated rings. The fraction of sp³-hybridized carbons (Fsp3) is 0.200. The van der Waals surface area contributed by atoms with Gasteiger partial charge in [0, 0.05) is 12.5 Å². The van der Waals surface area contributed by atoms with Gasteiger partial charge in [-0.1, -0.05) is 30.3 Å². The number of benzene rings is 2. The normalized spacial score (nSPS) is 16.5. The van der Waals surface area contributed by atoms with Crippen LogP contribution in [-0.4, -0.2) is 13.7 Å². The van der Waals surface area contributed by atoms with Crippen molar-refractivity contribution in [2.45, 2.75) is 5.92 Å². The van der Waals surface area contributed by atoms with E-state index in [1.54, 1.807) is 7.11 Å². The van der Waals surface area contributed by atoms with E-state index in [9.17, 15) is 0 Å². The average Bonchev–Trinajstić information content (AvgIpc) is 2.71. The van der Waals surface area contributed by atoms with E-state index in [4.69, 9.17) is 10.5 Å². The fourth-order valence-corrected chi connectivity index (χ4v) is 2.67. The minimum absolute atomic E-state index is 0.302. The molecule has 2 aromatic carbocycles. The van der Waals surface area contributed by atoms with E-state index in [1.807, 2.05) is 6.07 Å². The van der Waals surface area contributed by atoms with Gasteiger partial charge in [-0.3, -0.25) is 0 Å². The molecule has 2 N–H and O–H groups in total. The number of ether oxygens (including phenoxy) is 1. The summed E-state index contributed by atoms with van der Waals surface area (Å²) in [6.07, 6.45) is 0. The van der Waals surface area contributed by atoms with Crippen LogP contribution in [-0.2, 0) is 0 Å². The summed E-state index contributed by atoms with van der Waals surface area (Å²) in [5.41, 5.74) is 11.1. The van der Waals surface area contributed by atoms with Gasteiger partial charge in [0.15, 0.2) is 0 Å². The molecule has 1 aliphatic carbocycles. The van der Waals surface area contributed by atoms with Crippen molar-refractivity contribution in [1.82, 2.24) is 0 Å². The number of hydrogen-bond donors (Lipinski definition) is 1. The number of fused-ring (bicyclic) bond motifs is 3. The topological polar surface area (TPSA) is 35.2 Å². The lowest BCUT2D eigenvalue weighted by molar-refractivity contribution is 0.414. The van der Waals surface area contributed by atoms with E-state index in [0.717, 1.165) is 5.75 Å². The van der Waals surface area contributed by atoms with Crippen molar-refractivity contribution in [2.75, 3.05) is 13.7 Å². The Balaban J connectivity index is 2.23. The summed E-state index contributed by atoms with van der Waals surface area (Å²) < 4.78 is 5.29. The van der Waals surface area contributed by atoms with E-state index in [1.165, 1.54) is 22.3 Å². The van der Waals surface area contributed by atoms with Crippen molar-refractivity contribution in [1.29, 1.82) is 0 Å². The first-order valence-corrected chi connectivity index (χ1v) is 5.82. The summed E-state index contributed by atoms with van der Waals surface area (Å²) in [5, 5.41) is 0. The van der Waals surface area contributed by atoms with Gasteiger partial charge in [0.1, 0.15) is 5.75 Å². The molecule has 2 heteroatoms. The van der Waals surface area contributed by atoms with E-state index in [0.29, 0.717) is 12.5 Å². The first-order valence-electron chi connectivity index (χ1n) is 5.82. The molecule has 3 rings (SSSR count). The molecule has 0 aromatic heterocycles. The first kappa shape index (κ1) is 10.4. The molecule has 1 atom stereocenters. The van der Waals surface area contributed by atoms with Crippen molar-refractivity contribution in [2.24, 2.45) is 5.73 Å². The van der Waals surface area contributed by atoms with Crippen molar-refractivity contribution in [3.05, 3.63) is 53.6 Å². The SMILES string of the molecule is COc1ccc2c(c1)C(CN)c1ccccc1-2. The van der Waals surface area contributed by atoms with Crippen molar-refractivity contribution < 1.29 is 4.74 Å². The second kappa shape index (κ2) is 3.90. The molecular weight excluding hydrogens is 210 g/mol. The molecule has 0 bridgehead atoms. The Kier molecular flexibility index (Phi) is 2.37. The lowest BCUT2D eigenvalue weighted by Gasteiger charge is -2.11. The summed E-state index contributed by atoms with van der Waals surface area (Å²) in [4.78, 5) is 0. The molecule has 0 aliphatic heterocycles. The van der Waals surface area contributed by atoms with Gasteiger partial charge in [0.05, 0.1) is 7.11 Å². The van der Waals surface area contributed by atoms with Crippen LogP contribution in [0, 0.1) is 0 Å². The Morgan fingerprint density at radius 2 is 1.82 bits per heavy atom. The van der Waals surface area contributed by atoms with Crippen LogP contribution in [0.2, 0.25) is 0 Å². The van der Waals surface area contributed by atoms with Crippen molar-refractivity contribution in [3.63, 3.8) is 0 Å². The molecule has 0 heterocycles. The minimum atomic E-state index is 0.302. The zero-order chi connectivity index (χ0) is 11.8. The predicted octanol–water partition coefficient (Wildman–Crippen LogP) is 2.77. The first-order chi connectivity index (χ1) is 8.35. The number of rotatable bonds is 2.